The SMILES string of the molecule is CCCCn1cc(C(=O)c2ccc3oc(C)nc3c2O)ccc1=O. The van der Waals surface area contributed by atoms with Gasteiger partial charge < -0.3 is 14.1 Å². The summed E-state index contributed by atoms with van der Waals surface area (Å²) in [5.74, 6) is -0.154. The Hall–Kier alpha value is -2.89. The summed E-state index contributed by atoms with van der Waals surface area (Å²) < 4.78 is 6.86. The number of pyridine rings is 1. The van der Waals surface area contributed by atoms with Crippen molar-refractivity contribution in [3.63, 3.8) is 0 Å². The molecule has 0 aliphatic heterocycles. The van der Waals surface area contributed by atoms with E-state index in [9.17, 15) is 14.7 Å². The Labute approximate surface area is 138 Å². The number of ketones is 1. The van der Waals surface area contributed by atoms with Gasteiger partial charge in [-0.3, -0.25) is 9.59 Å². The van der Waals surface area contributed by atoms with E-state index in [1.54, 1.807) is 13.0 Å². The van der Waals surface area contributed by atoms with Gasteiger partial charge in [0.2, 0.25) is 0 Å². The van der Waals surface area contributed by atoms with Crippen molar-refractivity contribution in [3.05, 3.63) is 57.8 Å². The van der Waals surface area contributed by atoms with Crippen LogP contribution in [0.5, 0.6) is 5.75 Å². The minimum absolute atomic E-state index is 0.136. The van der Waals surface area contributed by atoms with E-state index in [2.05, 4.69) is 4.98 Å². The molecule has 0 radical (unpaired) electrons. The predicted molar refractivity (Wildman–Crippen MR) is 89.5 cm³/mol. The van der Waals surface area contributed by atoms with E-state index in [1.807, 2.05) is 6.92 Å². The monoisotopic (exact) mass is 326 g/mol. The molecule has 0 saturated heterocycles. The molecule has 0 bridgehead atoms. The van der Waals surface area contributed by atoms with Crippen molar-refractivity contribution in [2.45, 2.75) is 33.2 Å². The molecule has 24 heavy (non-hydrogen) atoms. The zero-order valence-electron chi connectivity index (χ0n) is 13.6. The summed E-state index contributed by atoms with van der Waals surface area (Å²) >= 11 is 0. The molecule has 0 saturated carbocycles. The fraction of sp³-hybridized carbons (Fsp3) is 0.278. The normalized spacial score (nSPS) is 11.1. The highest BCUT2D eigenvalue weighted by Crippen LogP contribution is 2.30. The molecule has 0 atom stereocenters. The van der Waals surface area contributed by atoms with Crippen molar-refractivity contribution >= 4 is 16.9 Å². The number of benzene rings is 1. The van der Waals surface area contributed by atoms with Gasteiger partial charge in [0, 0.05) is 31.3 Å². The fourth-order valence-corrected chi connectivity index (χ4v) is 2.60. The highest BCUT2D eigenvalue weighted by molar-refractivity contribution is 6.12. The molecule has 124 valence electrons. The van der Waals surface area contributed by atoms with Crippen molar-refractivity contribution in [1.82, 2.24) is 9.55 Å². The third-order valence-electron chi connectivity index (χ3n) is 3.88. The topological polar surface area (TPSA) is 85.3 Å². The molecule has 1 aromatic carbocycles. The lowest BCUT2D eigenvalue weighted by atomic mass is 10.0. The van der Waals surface area contributed by atoms with Gasteiger partial charge >= 0.3 is 0 Å². The highest BCUT2D eigenvalue weighted by atomic mass is 16.3. The van der Waals surface area contributed by atoms with E-state index in [4.69, 9.17) is 4.42 Å². The van der Waals surface area contributed by atoms with E-state index in [0.717, 1.165) is 12.8 Å². The number of hydrogen-bond donors (Lipinski definition) is 1. The Kier molecular flexibility index (Phi) is 4.20. The molecule has 0 aliphatic rings. The van der Waals surface area contributed by atoms with Crippen LogP contribution in [0.4, 0.5) is 0 Å². The van der Waals surface area contributed by atoms with Crippen LogP contribution >= 0.6 is 0 Å². The van der Waals surface area contributed by atoms with Crippen LogP contribution in [0, 0.1) is 6.92 Å². The molecule has 3 aromatic rings. The molecule has 2 heterocycles. The van der Waals surface area contributed by atoms with Gasteiger partial charge in [-0.05, 0) is 24.6 Å². The molecule has 1 N–H and O–H groups in total. The summed E-state index contributed by atoms with van der Waals surface area (Å²) in [6, 6.07) is 5.96. The molecule has 2 aromatic heterocycles. The van der Waals surface area contributed by atoms with E-state index in [1.165, 1.54) is 29.0 Å². The molecule has 0 aliphatic carbocycles. The maximum atomic E-state index is 12.7. The first-order chi connectivity index (χ1) is 11.5. The minimum Gasteiger partial charge on any atom is -0.505 e. The van der Waals surface area contributed by atoms with Gasteiger partial charge in [0.25, 0.3) is 5.56 Å². The van der Waals surface area contributed by atoms with E-state index in [0.29, 0.717) is 23.6 Å². The van der Waals surface area contributed by atoms with Crippen molar-refractivity contribution in [1.29, 1.82) is 0 Å². The maximum Gasteiger partial charge on any atom is 0.250 e. The fourth-order valence-electron chi connectivity index (χ4n) is 2.60. The van der Waals surface area contributed by atoms with Gasteiger partial charge in [-0.15, -0.1) is 0 Å². The van der Waals surface area contributed by atoms with Crippen LogP contribution in [0.25, 0.3) is 11.1 Å². The number of aromatic nitrogens is 2. The second-order valence-corrected chi connectivity index (χ2v) is 5.67. The molecular weight excluding hydrogens is 308 g/mol. The van der Waals surface area contributed by atoms with E-state index < -0.39 is 0 Å². The third-order valence-corrected chi connectivity index (χ3v) is 3.88. The van der Waals surface area contributed by atoms with Crippen molar-refractivity contribution in [2.24, 2.45) is 0 Å². The lowest BCUT2D eigenvalue weighted by molar-refractivity contribution is 0.103. The second-order valence-electron chi connectivity index (χ2n) is 5.67. The van der Waals surface area contributed by atoms with Gasteiger partial charge in [-0.25, -0.2) is 4.98 Å². The quantitative estimate of drug-likeness (QED) is 0.728. The van der Waals surface area contributed by atoms with Gasteiger partial charge in [-0.2, -0.15) is 0 Å². The second kappa shape index (κ2) is 6.31. The predicted octanol–water partition coefficient (Wildman–Crippen LogP) is 3.03. The average molecular weight is 326 g/mol. The average Bonchev–Trinajstić information content (AvgIpc) is 2.95. The number of fused-ring (bicyclic) bond motifs is 1. The molecule has 0 amide bonds. The number of carbonyl (C=O) groups excluding carboxylic acids is 1. The molecule has 0 fully saturated rings. The Morgan fingerprint density at radius 3 is 2.83 bits per heavy atom. The molecule has 0 spiro atoms. The molecule has 6 nitrogen and oxygen atoms in total. The highest BCUT2D eigenvalue weighted by Gasteiger charge is 2.19. The van der Waals surface area contributed by atoms with Crippen molar-refractivity contribution in [2.75, 3.05) is 0 Å². The summed E-state index contributed by atoms with van der Waals surface area (Å²) in [6.45, 7) is 4.27. The van der Waals surface area contributed by atoms with Crippen LogP contribution in [-0.2, 0) is 6.54 Å². The number of carbonyl (C=O) groups is 1. The first kappa shape index (κ1) is 16.0. The van der Waals surface area contributed by atoms with Gasteiger partial charge in [0.15, 0.2) is 28.5 Å². The molecular formula is C18H18N2O4. The van der Waals surface area contributed by atoms with Crippen molar-refractivity contribution < 1.29 is 14.3 Å². The minimum atomic E-state index is -0.361. The van der Waals surface area contributed by atoms with Crippen LogP contribution in [0.3, 0.4) is 0 Å². The number of rotatable bonds is 5. The Morgan fingerprint density at radius 1 is 1.29 bits per heavy atom. The maximum absolute atomic E-state index is 12.7. The zero-order valence-corrected chi connectivity index (χ0v) is 13.6. The van der Waals surface area contributed by atoms with Gasteiger partial charge in [0.05, 0.1) is 5.56 Å². The Morgan fingerprint density at radius 2 is 2.08 bits per heavy atom. The first-order valence-electron chi connectivity index (χ1n) is 7.85. The molecule has 0 unspecified atom stereocenters. The summed E-state index contributed by atoms with van der Waals surface area (Å²) in [7, 11) is 0. The number of phenols is 1. The third kappa shape index (κ3) is 2.82. The Bertz CT molecular complexity index is 969. The van der Waals surface area contributed by atoms with Crippen LogP contribution in [0.2, 0.25) is 0 Å². The summed E-state index contributed by atoms with van der Waals surface area (Å²) in [5, 5.41) is 10.3. The largest absolute Gasteiger partial charge is 0.505 e. The zero-order chi connectivity index (χ0) is 17.3. The molecule has 6 heteroatoms. The number of hydrogen-bond acceptors (Lipinski definition) is 5. The van der Waals surface area contributed by atoms with Gasteiger partial charge in [-0.1, -0.05) is 13.3 Å². The van der Waals surface area contributed by atoms with Crippen LogP contribution in [0.15, 0.2) is 39.7 Å². The smallest absolute Gasteiger partial charge is 0.250 e. The van der Waals surface area contributed by atoms with Crippen LogP contribution in [0.1, 0.15) is 41.6 Å². The number of aromatic hydroxyl groups is 1. The number of unbranched alkanes of at least 4 members (excludes halogenated alkanes) is 1. The lowest BCUT2D eigenvalue weighted by Crippen LogP contribution is -2.20. The van der Waals surface area contributed by atoms with Crippen LogP contribution < -0.4 is 5.56 Å². The Balaban J connectivity index is 2.03. The van der Waals surface area contributed by atoms with Crippen LogP contribution in [-0.4, -0.2) is 20.4 Å². The van der Waals surface area contributed by atoms with E-state index >= 15 is 0 Å². The first-order valence-corrected chi connectivity index (χ1v) is 7.85. The summed E-state index contributed by atoms with van der Waals surface area (Å²) in [5.41, 5.74) is 1.02. The summed E-state index contributed by atoms with van der Waals surface area (Å²) in [6.07, 6.45) is 3.35. The lowest BCUT2D eigenvalue weighted by Gasteiger charge is -2.08. The van der Waals surface area contributed by atoms with Crippen molar-refractivity contribution in [3.8, 4) is 5.75 Å². The van der Waals surface area contributed by atoms with E-state index in [-0.39, 0.29) is 28.2 Å². The molecule has 3 rings (SSSR count). The standard InChI is InChI=1S/C18H18N2O4/c1-3-4-9-20-10-12(5-8-15(20)21)17(22)13-6-7-14-16(18(13)23)19-11(2)24-14/h5-8,10,23H,3-4,9H2,1-2H3. The summed E-state index contributed by atoms with van der Waals surface area (Å²) in [4.78, 5) is 28.7. The number of aryl methyl sites for hydroxylation is 2. The number of oxazole rings is 1. The number of phenolic OH excluding ortho intramolecular Hbond substituents is 1. The number of nitrogens with zero attached hydrogens (tertiary/aromatic N) is 2. The van der Waals surface area contributed by atoms with Gasteiger partial charge in [0.1, 0.15) is 0 Å².